The lowest BCUT2D eigenvalue weighted by Crippen LogP contribution is -2.40. The molecular formula is C17H22N4OS. The summed E-state index contributed by atoms with van der Waals surface area (Å²) >= 11 is 5.32. The average molecular weight is 330 g/mol. The molecule has 1 aliphatic rings. The first-order valence-corrected chi connectivity index (χ1v) is 8.45. The standard InChI is InChI=1S/C17H22N4OS/c1-12-5-7-14(8-6-12)16-18-19-17(23)21(16)11-15(22)20-9-3-4-13(2)10-20/h5-8,13H,3-4,9-11H2,1-2H3,(H,19,23). The molecule has 23 heavy (non-hydrogen) atoms. The first kappa shape index (κ1) is 15.9. The largest absolute Gasteiger partial charge is 0.341 e. The van der Waals surface area contributed by atoms with Gasteiger partial charge in [0.25, 0.3) is 0 Å². The van der Waals surface area contributed by atoms with Gasteiger partial charge in [0.15, 0.2) is 10.6 Å². The zero-order valence-electron chi connectivity index (χ0n) is 13.6. The summed E-state index contributed by atoms with van der Waals surface area (Å²) < 4.78 is 2.28. The molecule has 2 aromatic rings. The molecule has 0 radical (unpaired) electrons. The number of aryl methyl sites for hydroxylation is 1. The van der Waals surface area contributed by atoms with Gasteiger partial charge in [0.05, 0.1) is 0 Å². The monoisotopic (exact) mass is 330 g/mol. The summed E-state index contributed by atoms with van der Waals surface area (Å²) in [6, 6.07) is 8.07. The van der Waals surface area contributed by atoms with E-state index in [0.29, 0.717) is 16.5 Å². The van der Waals surface area contributed by atoms with E-state index in [1.54, 1.807) is 4.57 Å². The molecule has 6 heteroatoms. The molecule has 0 saturated carbocycles. The minimum Gasteiger partial charge on any atom is -0.341 e. The number of benzene rings is 1. The third-order valence-electron chi connectivity index (χ3n) is 4.37. The molecule has 1 N–H and O–H groups in total. The van der Waals surface area contributed by atoms with Gasteiger partial charge in [-0.15, -0.1) is 0 Å². The zero-order chi connectivity index (χ0) is 16.4. The maximum absolute atomic E-state index is 12.6. The summed E-state index contributed by atoms with van der Waals surface area (Å²) in [7, 11) is 0. The maximum atomic E-state index is 12.6. The van der Waals surface area contributed by atoms with E-state index in [9.17, 15) is 4.79 Å². The Morgan fingerprint density at radius 1 is 1.39 bits per heavy atom. The summed E-state index contributed by atoms with van der Waals surface area (Å²) in [4.78, 5) is 14.6. The number of nitrogens with zero attached hydrogens (tertiary/aromatic N) is 3. The summed E-state index contributed by atoms with van der Waals surface area (Å²) in [6.45, 7) is 6.16. The molecule has 122 valence electrons. The average Bonchev–Trinajstić information content (AvgIpc) is 2.89. The number of likely N-dealkylation sites (tertiary alicyclic amines) is 1. The van der Waals surface area contributed by atoms with Crippen molar-refractivity contribution in [2.24, 2.45) is 5.92 Å². The minimum atomic E-state index is 0.113. The molecule has 2 heterocycles. The van der Waals surface area contributed by atoms with Gasteiger partial charge in [-0.1, -0.05) is 36.8 Å². The van der Waals surface area contributed by atoms with Gasteiger partial charge in [-0.05, 0) is 37.9 Å². The van der Waals surface area contributed by atoms with E-state index in [2.05, 4.69) is 17.1 Å². The van der Waals surface area contributed by atoms with Crippen LogP contribution in [0.4, 0.5) is 0 Å². The second-order valence-corrected chi connectivity index (χ2v) is 6.78. The van der Waals surface area contributed by atoms with Crippen molar-refractivity contribution in [1.29, 1.82) is 0 Å². The topological polar surface area (TPSA) is 53.9 Å². The van der Waals surface area contributed by atoms with E-state index >= 15 is 0 Å². The number of carbonyl (C=O) groups excluding carboxylic acids is 1. The molecule has 1 aromatic heterocycles. The fourth-order valence-corrected chi connectivity index (χ4v) is 3.24. The second kappa shape index (κ2) is 6.66. The number of carbonyl (C=O) groups is 1. The first-order valence-electron chi connectivity index (χ1n) is 8.04. The van der Waals surface area contributed by atoms with Crippen LogP contribution in [0.1, 0.15) is 25.3 Å². The predicted molar refractivity (Wildman–Crippen MR) is 92.6 cm³/mol. The van der Waals surface area contributed by atoms with Crippen molar-refractivity contribution in [2.75, 3.05) is 13.1 Å². The van der Waals surface area contributed by atoms with E-state index in [1.807, 2.05) is 36.1 Å². The lowest BCUT2D eigenvalue weighted by Gasteiger charge is -2.31. The molecule has 5 nitrogen and oxygen atoms in total. The van der Waals surface area contributed by atoms with Gasteiger partial charge in [0, 0.05) is 18.7 Å². The van der Waals surface area contributed by atoms with Crippen LogP contribution in [-0.4, -0.2) is 38.7 Å². The van der Waals surface area contributed by atoms with Gasteiger partial charge >= 0.3 is 0 Å². The van der Waals surface area contributed by atoms with Crippen molar-refractivity contribution in [3.8, 4) is 11.4 Å². The van der Waals surface area contributed by atoms with Crippen LogP contribution >= 0.6 is 12.2 Å². The van der Waals surface area contributed by atoms with Crippen LogP contribution in [0.25, 0.3) is 11.4 Å². The highest BCUT2D eigenvalue weighted by atomic mass is 32.1. The second-order valence-electron chi connectivity index (χ2n) is 6.39. The Balaban J connectivity index is 1.83. The number of H-pyrrole nitrogens is 1. The van der Waals surface area contributed by atoms with E-state index in [0.717, 1.165) is 25.1 Å². The van der Waals surface area contributed by atoms with Gasteiger partial charge < -0.3 is 4.90 Å². The Morgan fingerprint density at radius 2 is 2.13 bits per heavy atom. The summed E-state index contributed by atoms with van der Waals surface area (Å²) in [5, 5.41) is 7.12. The summed E-state index contributed by atoms with van der Waals surface area (Å²) in [5.74, 6) is 1.40. The molecule has 0 spiro atoms. The fourth-order valence-electron chi connectivity index (χ4n) is 3.04. The molecule has 1 unspecified atom stereocenters. The Bertz CT molecular complexity index is 747. The number of nitrogens with one attached hydrogen (secondary N) is 1. The lowest BCUT2D eigenvalue weighted by atomic mass is 10.0. The van der Waals surface area contributed by atoms with Crippen molar-refractivity contribution in [1.82, 2.24) is 19.7 Å². The number of hydrogen-bond acceptors (Lipinski definition) is 3. The number of amides is 1. The molecule has 1 saturated heterocycles. The maximum Gasteiger partial charge on any atom is 0.242 e. The third-order valence-corrected chi connectivity index (χ3v) is 4.68. The number of piperidine rings is 1. The summed E-state index contributed by atoms with van der Waals surface area (Å²) in [5.41, 5.74) is 2.15. The quantitative estimate of drug-likeness (QED) is 0.880. The zero-order valence-corrected chi connectivity index (χ0v) is 14.4. The highest BCUT2D eigenvalue weighted by molar-refractivity contribution is 7.71. The fraction of sp³-hybridized carbons (Fsp3) is 0.471. The van der Waals surface area contributed by atoms with Crippen LogP contribution in [0.15, 0.2) is 24.3 Å². The first-order chi connectivity index (χ1) is 11.0. The number of aromatic amines is 1. The van der Waals surface area contributed by atoms with E-state index in [4.69, 9.17) is 12.2 Å². The molecule has 0 bridgehead atoms. The van der Waals surface area contributed by atoms with Crippen LogP contribution in [-0.2, 0) is 11.3 Å². The van der Waals surface area contributed by atoms with E-state index < -0.39 is 0 Å². The number of hydrogen-bond donors (Lipinski definition) is 1. The Kier molecular flexibility index (Phi) is 4.61. The molecule has 0 aliphatic carbocycles. The Hall–Kier alpha value is -1.95. The van der Waals surface area contributed by atoms with Crippen LogP contribution < -0.4 is 0 Å². The van der Waals surface area contributed by atoms with Crippen LogP contribution in [0, 0.1) is 17.6 Å². The molecule has 1 amide bonds. The molecular weight excluding hydrogens is 308 g/mol. The van der Waals surface area contributed by atoms with Crippen molar-refractivity contribution >= 4 is 18.1 Å². The van der Waals surface area contributed by atoms with Gasteiger partial charge in [-0.3, -0.25) is 14.5 Å². The molecule has 1 atom stereocenters. The highest BCUT2D eigenvalue weighted by Crippen LogP contribution is 2.20. The van der Waals surface area contributed by atoms with Crippen molar-refractivity contribution in [3.63, 3.8) is 0 Å². The number of aromatic nitrogens is 3. The van der Waals surface area contributed by atoms with Crippen LogP contribution in [0.2, 0.25) is 0 Å². The van der Waals surface area contributed by atoms with Crippen molar-refractivity contribution in [2.45, 2.75) is 33.2 Å². The minimum absolute atomic E-state index is 0.113. The van der Waals surface area contributed by atoms with Gasteiger partial charge in [-0.2, -0.15) is 5.10 Å². The smallest absolute Gasteiger partial charge is 0.242 e. The summed E-state index contributed by atoms with van der Waals surface area (Å²) in [6.07, 6.45) is 2.28. The normalized spacial score (nSPS) is 18.2. The SMILES string of the molecule is Cc1ccc(-c2n[nH]c(=S)n2CC(=O)N2CCCC(C)C2)cc1. The van der Waals surface area contributed by atoms with Crippen LogP contribution in [0.5, 0.6) is 0 Å². The van der Waals surface area contributed by atoms with Gasteiger partial charge in [0.1, 0.15) is 6.54 Å². The third kappa shape index (κ3) is 3.52. The molecule has 3 rings (SSSR count). The molecule has 1 aliphatic heterocycles. The van der Waals surface area contributed by atoms with Crippen molar-refractivity contribution in [3.05, 3.63) is 34.6 Å². The van der Waals surface area contributed by atoms with Gasteiger partial charge in [-0.25, -0.2) is 0 Å². The number of rotatable bonds is 3. The molecule has 1 aromatic carbocycles. The lowest BCUT2D eigenvalue weighted by molar-refractivity contribution is -0.133. The van der Waals surface area contributed by atoms with Crippen molar-refractivity contribution < 1.29 is 4.79 Å². The van der Waals surface area contributed by atoms with Gasteiger partial charge in [0.2, 0.25) is 5.91 Å². The van der Waals surface area contributed by atoms with E-state index in [1.165, 1.54) is 12.0 Å². The van der Waals surface area contributed by atoms with Crippen LogP contribution in [0.3, 0.4) is 0 Å². The highest BCUT2D eigenvalue weighted by Gasteiger charge is 2.22. The Morgan fingerprint density at radius 3 is 2.83 bits per heavy atom. The van der Waals surface area contributed by atoms with E-state index in [-0.39, 0.29) is 12.5 Å². The molecule has 1 fully saturated rings. The predicted octanol–water partition coefficient (Wildman–Crippen LogP) is 3.17. The Labute approximate surface area is 141 Å².